The second-order valence-electron chi connectivity index (χ2n) is 5.69. The molecular weight excluding hydrogens is 332 g/mol. The second kappa shape index (κ2) is 7.78. The molecule has 0 aliphatic heterocycles. The number of carbonyl (C=O) groups is 1. The van der Waals surface area contributed by atoms with E-state index in [-0.39, 0.29) is 12.4 Å². The topological polar surface area (TPSA) is 54.0 Å². The van der Waals surface area contributed by atoms with Crippen LogP contribution in [0.3, 0.4) is 0 Å². The van der Waals surface area contributed by atoms with Gasteiger partial charge in [0.25, 0.3) is 0 Å². The number of carbonyl (C=O) groups excluding carboxylic acids is 1. The number of fused-ring (bicyclic) bond motifs is 1. The highest BCUT2D eigenvalue weighted by Gasteiger charge is 2.15. The Hall–Kier alpha value is -3.21. The summed E-state index contributed by atoms with van der Waals surface area (Å²) in [5.41, 5.74) is 0.713. The standard InChI is InChI=1S/C21H20O5/c1-23-18-10-14(11-19(24-2)21(18)25-3)12-20(22)26-17-9-8-15-6-4-5-7-16(15)13-17/h4-11,13H,12H2,1-3H3. The molecule has 0 aliphatic rings. The molecule has 0 aromatic heterocycles. The number of hydrogen-bond acceptors (Lipinski definition) is 5. The summed E-state index contributed by atoms with van der Waals surface area (Å²) in [7, 11) is 4.61. The van der Waals surface area contributed by atoms with Gasteiger partial charge in [0.15, 0.2) is 11.5 Å². The van der Waals surface area contributed by atoms with Gasteiger partial charge in [-0.15, -0.1) is 0 Å². The van der Waals surface area contributed by atoms with Crippen LogP contribution in [0.15, 0.2) is 54.6 Å². The number of ether oxygens (including phenoxy) is 4. The Kier molecular flexibility index (Phi) is 5.27. The summed E-state index contributed by atoms with van der Waals surface area (Å²) in [5, 5.41) is 2.11. The molecule has 0 saturated heterocycles. The van der Waals surface area contributed by atoms with E-state index in [0.29, 0.717) is 28.6 Å². The van der Waals surface area contributed by atoms with Crippen LogP contribution in [0.25, 0.3) is 10.8 Å². The third-order valence-corrected chi connectivity index (χ3v) is 4.03. The summed E-state index contributed by atoms with van der Waals surface area (Å²) < 4.78 is 21.4. The van der Waals surface area contributed by atoms with Crippen molar-refractivity contribution in [3.05, 3.63) is 60.2 Å². The summed E-state index contributed by atoms with van der Waals surface area (Å²) in [6.07, 6.45) is 0.0868. The molecule has 0 radical (unpaired) electrons. The fourth-order valence-electron chi connectivity index (χ4n) is 2.80. The lowest BCUT2D eigenvalue weighted by atomic mass is 10.1. The van der Waals surface area contributed by atoms with Crippen LogP contribution in [0.2, 0.25) is 0 Å². The third-order valence-electron chi connectivity index (χ3n) is 4.03. The first-order chi connectivity index (χ1) is 12.6. The minimum absolute atomic E-state index is 0.0868. The van der Waals surface area contributed by atoms with Gasteiger partial charge in [-0.2, -0.15) is 0 Å². The zero-order valence-electron chi connectivity index (χ0n) is 14.9. The second-order valence-corrected chi connectivity index (χ2v) is 5.69. The highest BCUT2D eigenvalue weighted by atomic mass is 16.5. The number of benzene rings is 3. The van der Waals surface area contributed by atoms with Crippen LogP contribution >= 0.6 is 0 Å². The van der Waals surface area contributed by atoms with Crippen molar-refractivity contribution in [1.82, 2.24) is 0 Å². The number of hydrogen-bond donors (Lipinski definition) is 0. The van der Waals surface area contributed by atoms with Crippen LogP contribution in [0, 0.1) is 0 Å². The Morgan fingerprint density at radius 2 is 1.46 bits per heavy atom. The molecule has 0 N–H and O–H groups in total. The third kappa shape index (κ3) is 3.72. The van der Waals surface area contributed by atoms with Gasteiger partial charge in [-0.1, -0.05) is 30.3 Å². The van der Waals surface area contributed by atoms with E-state index in [9.17, 15) is 4.79 Å². The van der Waals surface area contributed by atoms with Gasteiger partial charge in [-0.25, -0.2) is 0 Å². The van der Waals surface area contributed by atoms with E-state index in [1.54, 1.807) is 18.2 Å². The van der Waals surface area contributed by atoms with Gasteiger partial charge in [0.1, 0.15) is 5.75 Å². The van der Waals surface area contributed by atoms with Gasteiger partial charge in [0, 0.05) is 0 Å². The van der Waals surface area contributed by atoms with E-state index in [4.69, 9.17) is 18.9 Å². The van der Waals surface area contributed by atoms with Crippen LogP contribution in [-0.4, -0.2) is 27.3 Å². The van der Waals surface area contributed by atoms with Crippen LogP contribution in [-0.2, 0) is 11.2 Å². The largest absolute Gasteiger partial charge is 0.493 e. The minimum atomic E-state index is -0.366. The first-order valence-electron chi connectivity index (χ1n) is 8.13. The molecule has 3 aromatic carbocycles. The zero-order valence-corrected chi connectivity index (χ0v) is 14.9. The molecule has 0 fully saturated rings. The lowest BCUT2D eigenvalue weighted by molar-refractivity contribution is -0.133. The molecule has 0 spiro atoms. The molecule has 0 unspecified atom stereocenters. The smallest absolute Gasteiger partial charge is 0.315 e. The maximum absolute atomic E-state index is 12.3. The highest BCUT2D eigenvalue weighted by molar-refractivity contribution is 5.85. The first kappa shape index (κ1) is 17.6. The lowest BCUT2D eigenvalue weighted by Crippen LogP contribution is -2.11. The minimum Gasteiger partial charge on any atom is -0.493 e. The lowest BCUT2D eigenvalue weighted by Gasteiger charge is -2.14. The monoisotopic (exact) mass is 352 g/mol. The van der Waals surface area contributed by atoms with Crippen molar-refractivity contribution >= 4 is 16.7 Å². The van der Waals surface area contributed by atoms with Gasteiger partial charge < -0.3 is 18.9 Å². The molecule has 134 valence electrons. The Morgan fingerprint density at radius 3 is 2.08 bits per heavy atom. The summed E-state index contributed by atoms with van der Waals surface area (Å²) in [5.74, 6) is 1.64. The van der Waals surface area contributed by atoms with E-state index < -0.39 is 0 Å². The Morgan fingerprint density at radius 1 is 0.808 bits per heavy atom. The number of methoxy groups -OCH3 is 3. The van der Waals surface area contributed by atoms with Crippen molar-refractivity contribution < 1.29 is 23.7 Å². The van der Waals surface area contributed by atoms with Crippen LogP contribution < -0.4 is 18.9 Å². The van der Waals surface area contributed by atoms with Crippen LogP contribution in [0.5, 0.6) is 23.0 Å². The summed E-state index contributed by atoms with van der Waals surface area (Å²) in [6, 6.07) is 17.0. The maximum atomic E-state index is 12.3. The molecular formula is C21H20O5. The summed E-state index contributed by atoms with van der Waals surface area (Å²) in [6.45, 7) is 0. The number of esters is 1. The van der Waals surface area contributed by atoms with Crippen molar-refractivity contribution in [3.63, 3.8) is 0 Å². The molecule has 3 aromatic rings. The van der Waals surface area contributed by atoms with E-state index in [2.05, 4.69) is 0 Å². The maximum Gasteiger partial charge on any atom is 0.315 e. The molecule has 0 saturated carbocycles. The fraction of sp³-hybridized carbons (Fsp3) is 0.190. The van der Waals surface area contributed by atoms with Crippen molar-refractivity contribution in [2.75, 3.05) is 21.3 Å². The molecule has 0 atom stereocenters. The fourth-order valence-corrected chi connectivity index (χ4v) is 2.80. The molecule has 0 aliphatic carbocycles. The first-order valence-corrected chi connectivity index (χ1v) is 8.13. The molecule has 26 heavy (non-hydrogen) atoms. The summed E-state index contributed by atoms with van der Waals surface area (Å²) >= 11 is 0. The van der Waals surface area contributed by atoms with E-state index in [1.165, 1.54) is 21.3 Å². The predicted molar refractivity (Wildman–Crippen MR) is 99.4 cm³/mol. The molecule has 5 nitrogen and oxygen atoms in total. The Labute approximate surface area is 152 Å². The quantitative estimate of drug-likeness (QED) is 0.495. The Bertz CT molecular complexity index is 908. The van der Waals surface area contributed by atoms with Crippen molar-refractivity contribution in [3.8, 4) is 23.0 Å². The van der Waals surface area contributed by atoms with Crippen molar-refractivity contribution in [1.29, 1.82) is 0 Å². The zero-order chi connectivity index (χ0) is 18.5. The molecule has 3 rings (SSSR count). The molecule has 5 heteroatoms. The highest BCUT2D eigenvalue weighted by Crippen LogP contribution is 2.38. The average molecular weight is 352 g/mol. The normalized spacial score (nSPS) is 10.4. The van der Waals surface area contributed by atoms with Gasteiger partial charge in [0.05, 0.1) is 27.8 Å². The van der Waals surface area contributed by atoms with E-state index in [0.717, 1.165) is 10.8 Å². The van der Waals surface area contributed by atoms with Gasteiger partial charge in [0.2, 0.25) is 5.75 Å². The van der Waals surface area contributed by atoms with Crippen molar-refractivity contribution in [2.45, 2.75) is 6.42 Å². The summed E-state index contributed by atoms with van der Waals surface area (Å²) in [4.78, 5) is 12.3. The molecule has 0 heterocycles. The predicted octanol–water partition coefficient (Wildman–Crippen LogP) is 4.01. The Balaban J connectivity index is 1.78. The van der Waals surface area contributed by atoms with Crippen LogP contribution in [0.1, 0.15) is 5.56 Å². The van der Waals surface area contributed by atoms with Gasteiger partial charge in [-0.3, -0.25) is 4.79 Å². The van der Waals surface area contributed by atoms with Gasteiger partial charge >= 0.3 is 5.97 Å². The molecule has 0 amide bonds. The van der Waals surface area contributed by atoms with Gasteiger partial charge in [-0.05, 0) is 40.6 Å². The SMILES string of the molecule is COc1cc(CC(=O)Oc2ccc3ccccc3c2)cc(OC)c1OC. The van der Waals surface area contributed by atoms with E-state index in [1.807, 2.05) is 36.4 Å². The average Bonchev–Trinajstić information content (AvgIpc) is 2.66. The number of rotatable bonds is 6. The molecule has 0 bridgehead atoms. The van der Waals surface area contributed by atoms with Crippen molar-refractivity contribution in [2.24, 2.45) is 0 Å². The van der Waals surface area contributed by atoms with Crippen LogP contribution in [0.4, 0.5) is 0 Å². The van der Waals surface area contributed by atoms with E-state index >= 15 is 0 Å².